The Morgan fingerprint density at radius 3 is 2.32 bits per heavy atom. The Kier molecular flexibility index (Phi) is 5.15. The highest BCUT2D eigenvalue weighted by atomic mass is 19.1. The summed E-state index contributed by atoms with van der Waals surface area (Å²) in [7, 11) is 0. The normalized spacial score (nSPS) is 17.9. The van der Waals surface area contributed by atoms with E-state index in [1.165, 1.54) is 36.4 Å². The van der Waals surface area contributed by atoms with E-state index in [1.54, 1.807) is 24.3 Å². The molecule has 3 aromatic rings. The summed E-state index contributed by atoms with van der Waals surface area (Å²) in [6.07, 6.45) is 0. The number of ketones is 1. The van der Waals surface area contributed by atoms with Crippen LogP contribution in [0, 0.1) is 25.5 Å². The summed E-state index contributed by atoms with van der Waals surface area (Å²) in [6, 6.07) is 14.7. The van der Waals surface area contributed by atoms with Crippen LogP contribution in [0.15, 0.2) is 72.3 Å². The van der Waals surface area contributed by atoms with Gasteiger partial charge in [-0.1, -0.05) is 36.4 Å². The highest BCUT2D eigenvalue weighted by Crippen LogP contribution is 2.43. The van der Waals surface area contributed by atoms with Crippen LogP contribution in [0.1, 0.15) is 28.3 Å². The molecule has 1 fully saturated rings. The predicted molar refractivity (Wildman–Crippen MR) is 113 cm³/mol. The largest absolute Gasteiger partial charge is 0.507 e. The van der Waals surface area contributed by atoms with Gasteiger partial charge in [-0.3, -0.25) is 14.5 Å². The van der Waals surface area contributed by atoms with Crippen molar-refractivity contribution in [2.45, 2.75) is 19.9 Å². The molecule has 0 aromatic heterocycles. The molecule has 0 spiro atoms. The number of Topliss-reactive ketones (excluding diaryl/α,β-unsaturated/α-hetero) is 1. The Hall–Kier alpha value is -3.80. The smallest absolute Gasteiger partial charge is 0.300 e. The van der Waals surface area contributed by atoms with Crippen molar-refractivity contribution < 1.29 is 23.5 Å². The molecule has 31 heavy (non-hydrogen) atoms. The first-order valence-electron chi connectivity index (χ1n) is 9.68. The summed E-state index contributed by atoms with van der Waals surface area (Å²) in [4.78, 5) is 27.0. The van der Waals surface area contributed by atoms with Crippen LogP contribution in [-0.2, 0) is 9.59 Å². The summed E-state index contributed by atoms with van der Waals surface area (Å²) in [5.74, 6) is -3.60. The second kappa shape index (κ2) is 7.80. The minimum absolute atomic E-state index is 0.0244. The molecule has 1 aliphatic heterocycles. The first-order valence-corrected chi connectivity index (χ1v) is 9.68. The van der Waals surface area contributed by atoms with Gasteiger partial charge in [-0.25, -0.2) is 8.78 Å². The van der Waals surface area contributed by atoms with E-state index in [1.807, 2.05) is 13.8 Å². The molecule has 6 heteroatoms. The number of halogens is 2. The molecule has 1 unspecified atom stereocenters. The van der Waals surface area contributed by atoms with E-state index in [2.05, 4.69) is 0 Å². The second-order valence-electron chi connectivity index (χ2n) is 7.47. The fourth-order valence-corrected chi connectivity index (χ4v) is 3.76. The number of anilines is 1. The van der Waals surface area contributed by atoms with Crippen LogP contribution in [0.4, 0.5) is 14.5 Å². The molecule has 0 radical (unpaired) electrons. The number of rotatable bonds is 3. The number of aliphatic hydroxyl groups excluding tert-OH is 1. The maximum atomic E-state index is 14.8. The van der Waals surface area contributed by atoms with Crippen molar-refractivity contribution >= 4 is 23.1 Å². The number of aryl methyl sites for hydroxylation is 2. The number of amides is 1. The molecule has 1 N–H and O–H groups in total. The van der Waals surface area contributed by atoms with Crippen molar-refractivity contribution in [1.82, 2.24) is 0 Å². The lowest BCUT2D eigenvalue weighted by Gasteiger charge is -2.25. The maximum Gasteiger partial charge on any atom is 0.300 e. The van der Waals surface area contributed by atoms with Crippen LogP contribution in [0.5, 0.6) is 0 Å². The van der Waals surface area contributed by atoms with Crippen LogP contribution >= 0.6 is 0 Å². The van der Waals surface area contributed by atoms with Crippen LogP contribution in [0.2, 0.25) is 0 Å². The summed E-state index contributed by atoms with van der Waals surface area (Å²) in [5, 5.41) is 11.0. The number of aliphatic hydroxyl groups is 1. The van der Waals surface area contributed by atoms with Gasteiger partial charge < -0.3 is 5.11 Å². The van der Waals surface area contributed by atoms with E-state index in [0.29, 0.717) is 5.56 Å². The third-order valence-corrected chi connectivity index (χ3v) is 5.51. The van der Waals surface area contributed by atoms with Gasteiger partial charge in [0.1, 0.15) is 17.4 Å². The van der Waals surface area contributed by atoms with Gasteiger partial charge in [0, 0.05) is 16.8 Å². The molecule has 1 heterocycles. The van der Waals surface area contributed by atoms with Gasteiger partial charge >= 0.3 is 0 Å². The number of nitrogens with zero attached hydrogens (tertiary/aromatic N) is 1. The third-order valence-electron chi connectivity index (χ3n) is 5.51. The fraction of sp³-hybridized carbons (Fsp3) is 0.120. The topological polar surface area (TPSA) is 57.6 Å². The van der Waals surface area contributed by atoms with E-state index in [0.717, 1.165) is 22.1 Å². The van der Waals surface area contributed by atoms with Crippen molar-refractivity contribution in [3.63, 3.8) is 0 Å². The molecule has 0 saturated carbocycles. The van der Waals surface area contributed by atoms with Crippen molar-refractivity contribution in [2.24, 2.45) is 0 Å². The number of hydrogen-bond donors (Lipinski definition) is 1. The van der Waals surface area contributed by atoms with Gasteiger partial charge in [0.2, 0.25) is 0 Å². The molecule has 1 saturated heterocycles. The Morgan fingerprint density at radius 1 is 0.903 bits per heavy atom. The van der Waals surface area contributed by atoms with Gasteiger partial charge in [0.25, 0.3) is 11.7 Å². The van der Waals surface area contributed by atoms with Crippen LogP contribution in [0.25, 0.3) is 5.76 Å². The minimum Gasteiger partial charge on any atom is -0.507 e. The maximum absolute atomic E-state index is 14.8. The predicted octanol–water partition coefficient (Wildman–Crippen LogP) is 5.21. The minimum atomic E-state index is -1.25. The quantitative estimate of drug-likeness (QED) is 0.360. The number of carbonyl (C=O) groups is 2. The molecular weight excluding hydrogens is 400 g/mol. The zero-order valence-electron chi connectivity index (χ0n) is 16.9. The first-order chi connectivity index (χ1) is 14.8. The SMILES string of the molecule is Cc1ccc(/C(O)=C2\C(=O)C(=O)N(c3cccc(F)c3)C2c2ccccc2F)cc1C. The van der Waals surface area contributed by atoms with E-state index in [9.17, 15) is 23.5 Å². The average molecular weight is 419 g/mol. The van der Waals surface area contributed by atoms with Crippen LogP contribution in [0.3, 0.4) is 0 Å². The highest BCUT2D eigenvalue weighted by Gasteiger charge is 2.47. The van der Waals surface area contributed by atoms with E-state index < -0.39 is 35.1 Å². The Balaban J connectivity index is 1.99. The van der Waals surface area contributed by atoms with Crippen molar-refractivity contribution in [1.29, 1.82) is 0 Å². The molecule has 0 aliphatic carbocycles. The summed E-state index contributed by atoms with van der Waals surface area (Å²) < 4.78 is 28.7. The molecule has 4 rings (SSSR count). The summed E-state index contributed by atoms with van der Waals surface area (Å²) in [5.41, 5.74) is 2.07. The number of carbonyl (C=O) groups excluding carboxylic acids is 2. The summed E-state index contributed by atoms with van der Waals surface area (Å²) >= 11 is 0. The lowest BCUT2D eigenvalue weighted by atomic mass is 9.94. The zero-order valence-corrected chi connectivity index (χ0v) is 16.9. The fourth-order valence-electron chi connectivity index (χ4n) is 3.76. The third kappa shape index (κ3) is 3.50. The van der Waals surface area contributed by atoms with E-state index in [-0.39, 0.29) is 16.8 Å². The number of benzene rings is 3. The Labute approximate surface area is 178 Å². The van der Waals surface area contributed by atoms with Gasteiger partial charge in [0.15, 0.2) is 0 Å². The standard InChI is InChI=1S/C25H19F2NO3/c1-14-10-11-16(12-15(14)2)23(29)21-22(19-8-3-4-9-20(19)27)28(25(31)24(21)30)18-7-5-6-17(26)13-18/h3-13,22,29H,1-2H3/b23-21+. The second-order valence-corrected chi connectivity index (χ2v) is 7.47. The van der Waals surface area contributed by atoms with Gasteiger partial charge in [-0.05, 0) is 55.3 Å². The lowest BCUT2D eigenvalue weighted by molar-refractivity contribution is -0.132. The van der Waals surface area contributed by atoms with Gasteiger partial charge in [0.05, 0.1) is 11.6 Å². The number of hydrogen-bond acceptors (Lipinski definition) is 3. The van der Waals surface area contributed by atoms with E-state index in [4.69, 9.17) is 0 Å². The van der Waals surface area contributed by atoms with Crippen LogP contribution in [-0.4, -0.2) is 16.8 Å². The Bertz CT molecular complexity index is 1250. The average Bonchev–Trinajstić information content (AvgIpc) is 3.00. The molecule has 3 aromatic carbocycles. The molecular formula is C25H19F2NO3. The van der Waals surface area contributed by atoms with Crippen molar-refractivity contribution in [3.8, 4) is 0 Å². The molecule has 1 amide bonds. The van der Waals surface area contributed by atoms with Gasteiger partial charge in [-0.2, -0.15) is 0 Å². The lowest BCUT2D eigenvalue weighted by Crippen LogP contribution is -2.30. The zero-order chi connectivity index (χ0) is 22.3. The van der Waals surface area contributed by atoms with Crippen LogP contribution < -0.4 is 4.90 Å². The molecule has 4 nitrogen and oxygen atoms in total. The molecule has 1 aliphatic rings. The molecule has 1 atom stereocenters. The molecule has 0 bridgehead atoms. The monoisotopic (exact) mass is 419 g/mol. The highest BCUT2D eigenvalue weighted by molar-refractivity contribution is 6.51. The first kappa shape index (κ1) is 20.5. The van der Waals surface area contributed by atoms with Gasteiger partial charge in [-0.15, -0.1) is 0 Å². The van der Waals surface area contributed by atoms with Crippen molar-refractivity contribution in [3.05, 3.63) is 106 Å². The summed E-state index contributed by atoms with van der Waals surface area (Å²) in [6.45, 7) is 3.76. The van der Waals surface area contributed by atoms with Crippen molar-refractivity contribution in [2.75, 3.05) is 4.90 Å². The van der Waals surface area contributed by atoms with E-state index >= 15 is 0 Å². The molecule has 156 valence electrons. The Morgan fingerprint density at radius 2 is 1.65 bits per heavy atom.